The fourth-order valence-electron chi connectivity index (χ4n) is 4.76. The Balaban J connectivity index is 1.32. The molecular weight excluding hydrogens is 464 g/mol. The van der Waals surface area contributed by atoms with Gasteiger partial charge < -0.3 is 24.4 Å². The first-order valence-electron chi connectivity index (χ1n) is 10.7. The van der Waals surface area contributed by atoms with Crippen molar-refractivity contribution in [2.75, 3.05) is 33.4 Å². The number of hydrogen-bond donors (Lipinski definition) is 1. The zero-order valence-electron chi connectivity index (χ0n) is 18.3. The van der Waals surface area contributed by atoms with Gasteiger partial charge in [-0.3, -0.25) is 9.59 Å². The van der Waals surface area contributed by atoms with Crippen molar-refractivity contribution in [1.29, 1.82) is 0 Å². The minimum Gasteiger partial charge on any atom is -0.467 e. The van der Waals surface area contributed by atoms with Crippen molar-refractivity contribution >= 4 is 27.6 Å². The molecule has 2 aromatic carbocycles. The van der Waals surface area contributed by atoms with Crippen molar-refractivity contribution in [2.45, 2.75) is 28.0 Å². The van der Waals surface area contributed by atoms with Gasteiger partial charge in [-0.1, -0.05) is 18.2 Å². The first kappa shape index (κ1) is 22.5. The van der Waals surface area contributed by atoms with Crippen LogP contribution in [-0.2, 0) is 33.6 Å². The van der Waals surface area contributed by atoms with Gasteiger partial charge in [0, 0.05) is 29.7 Å². The van der Waals surface area contributed by atoms with E-state index in [4.69, 9.17) is 14.2 Å². The van der Waals surface area contributed by atoms with Gasteiger partial charge in [-0.25, -0.2) is 13.2 Å². The summed E-state index contributed by atoms with van der Waals surface area (Å²) in [4.78, 5) is 39.7. The summed E-state index contributed by atoms with van der Waals surface area (Å²) in [5, 5.41) is 2.55. The summed E-state index contributed by atoms with van der Waals surface area (Å²) < 4.78 is 41.6. The molecule has 1 spiro atoms. The van der Waals surface area contributed by atoms with Gasteiger partial charge in [0.05, 0.1) is 36.7 Å². The fraction of sp³-hybridized carbons (Fsp3) is 0.348. The normalized spacial score (nSPS) is 21.2. The predicted molar refractivity (Wildman–Crippen MR) is 116 cm³/mol. The summed E-state index contributed by atoms with van der Waals surface area (Å²) in [5.41, 5.74) is 1.18. The Morgan fingerprint density at radius 2 is 1.79 bits per heavy atom. The molecule has 0 saturated carbocycles. The Morgan fingerprint density at radius 1 is 1.09 bits per heavy atom. The average Bonchev–Trinajstić information content (AvgIpc) is 3.53. The quantitative estimate of drug-likeness (QED) is 0.535. The monoisotopic (exact) mass is 486 g/mol. The number of hydrogen-bond acceptors (Lipinski definition) is 8. The van der Waals surface area contributed by atoms with Gasteiger partial charge in [0.25, 0.3) is 5.91 Å². The number of carbonyl (C=O) groups excluding carboxylic acids is 3. The highest BCUT2D eigenvalue weighted by atomic mass is 32.2. The number of likely N-dealkylation sites (tertiary alicyclic amines) is 1. The number of esters is 1. The third kappa shape index (κ3) is 3.39. The number of nitrogens with one attached hydrogen (secondary N) is 1. The molecule has 0 aromatic heterocycles. The SMILES string of the molecule is COC(=O)[C@H]1N(C(=O)CNC(=O)c2ccc3c(c2)-c2ccccc2S3(=O)=O)CCC12OCCO2. The molecule has 1 atom stereocenters. The Morgan fingerprint density at radius 3 is 2.53 bits per heavy atom. The molecule has 3 aliphatic heterocycles. The number of ether oxygens (including phenoxy) is 3. The van der Waals surface area contributed by atoms with Crippen molar-refractivity contribution in [3.8, 4) is 11.1 Å². The van der Waals surface area contributed by atoms with Crippen molar-refractivity contribution in [3.05, 3.63) is 48.0 Å². The molecule has 10 nitrogen and oxygen atoms in total. The standard InChI is InChI=1S/C23H22N2O8S/c1-31-22(28)20-23(32-10-11-33-23)8-9-25(20)19(26)13-24-21(27)14-6-7-18-16(12-14)15-4-2-3-5-17(15)34(18,29)30/h2-7,12,20H,8-11,13H2,1H3,(H,24,27)/t20-/m1/s1. The van der Waals surface area contributed by atoms with Crippen LogP contribution in [0.15, 0.2) is 52.3 Å². The van der Waals surface area contributed by atoms with Crippen LogP contribution in [0.25, 0.3) is 11.1 Å². The maximum absolute atomic E-state index is 12.9. The molecule has 5 rings (SSSR count). The van der Waals surface area contributed by atoms with Crippen molar-refractivity contribution in [2.24, 2.45) is 0 Å². The van der Waals surface area contributed by atoms with E-state index in [2.05, 4.69) is 5.32 Å². The number of fused-ring (bicyclic) bond motifs is 3. The summed E-state index contributed by atoms with van der Waals surface area (Å²) in [6, 6.07) is 9.83. The lowest BCUT2D eigenvalue weighted by Crippen LogP contribution is -2.54. The maximum Gasteiger partial charge on any atom is 0.334 e. The molecule has 34 heavy (non-hydrogen) atoms. The molecule has 2 saturated heterocycles. The van der Waals surface area contributed by atoms with Crippen LogP contribution in [0.2, 0.25) is 0 Å². The Hall–Kier alpha value is -3.28. The molecule has 2 aromatic rings. The molecule has 0 aliphatic carbocycles. The van der Waals surface area contributed by atoms with E-state index < -0.39 is 39.4 Å². The molecule has 3 aliphatic rings. The molecule has 0 radical (unpaired) electrons. The van der Waals surface area contributed by atoms with Crippen molar-refractivity contribution in [1.82, 2.24) is 10.2 Å². The van der Waals surface area contributed by atoms with Gasteiger partial charge in [0.2, 0.25) is 21.5 Å². The molecule has 2 amide bonds. The minimum absolute atomic E-state index is 0.140. The highest BCUT2D eigenvalue weighted by Gasteiger charge is 2.57. The number of rotatable bonds is 4. The molecule has 0 bridgehead atoms. The van der Waals surface area contributed by atoms with E-state index >= 15 is 0 Å². The summed E-state index contributed by atoms with van der Waals surface area (Å²) in [7, 11) is -2.41. The van der Waals surface area contributed by atoms with Crippen LogP contribution in [0.4, 0.5) is 0 Å². The van der Waals surface area contributed by atoms with Gasteiger partial charge in [0.15, 0.2) is 6.04 Å². The van der Waals surface area contributed by atoms with Crippen LogP contribution in [0.1, 0.15) is 16.8 Å². The first-order chi connectivity index (χ1) is 16.3. The lowest BCUT2D eigenvalue weighted by Gasteiger charge is -2.31. The maximum atomic E-state index is 12.9. The van der Waals surface area contributed by atoms with Crippen molar-refractivity contribution < 1.29 is 37.0 Å². The fourth-order valence-corrected chi connectivity index (χ4v) is 6.42. The van der Waals surface area contributed by atoms with Gasteiger partial charge >= 0.3 is 5.97 Å². The second-order valence-corrected chi connectivity index (χ2v) is 10.1. The van der Waals surface area contributed by atoms with E-state index in [0.717, 1.165) is 0 Å². The van der Waals surface area contributed by atoms with Crippen LogP contribution in [-0.4, -0.2) is 76.3 Å². The highest BCUT2D eigenvalue weighted by Crippen LogP contribution is 2.43. The zero-order chi connectivity index (χ0) is 24.1. The molecule has 0 unspecified atom stereocenters. The predicted octanol–water partition coefficient (Wildman–Crippen LogP) is 0.747. The highest BCUT2D eigenvalue weighted by molar-refractivity contribution is 7.92. The van der Waals surface area contributed by atoms with Gasteiger partial charge in [0.1, 0.15) is 0 Å². The lowest BCUT2D eigenvalue weighted by atomic mass is 10.0. The van der Waals surface area contributed by atoms with E-state index in [1.165, 1.54) is 36.3 Å². The van der Waals surface area contributed by atoms with E-state index in [1.54, 1.807) is 18.2 Å². The minimum atomic E-state index is -3.63. The van der Waals surface area contributed by atoms with Crippen LogP contribution in [0, 0.1) is 0 Å². The molecule has 178 valence electrons. The van der Waals surface area contributed by atoms with Gasteiger partial charge in [-0.2, -0.15) is 0 Å². The molecule has 2 fully saturated rings. The topological polar surface area (TPSA) is 128 Å². The van der Waals surface area contributed by atoms with Crippen LogP contribution < -0.4 is 5.32 Å². The summed E-state index contributed by atoms with van der Waals surface area (Å²) >= 11 is 0. The third-order valence-corrected chi connectivity index (χ3v) is 8.22. The molecular formula is C23H22N2O8S. The number of nitrogens with zero attached hydrogens (tertiary/aromatic N) is 1. The molecule has 11 heteroatoms. The van der Waals surface area contributed by atoms with Crippen LogP contribution in [0.3, 0.4) is 0 Å². The molecule has 3 heterocycles. The van der Waals surface area contributed by atoms with Crippen LogP contribution in [0.5, 0.6) is 0 Å². The number of benzene rings is 2. The first-order valence-corrected chi connectivity index (χ1v) is 12.2. The molecule has 1 N–H and O–H groups in total. The van der Waals surface area contributed by atoms with Gasteiger partial charge in [-0.15, -0.1) is 0 Å². The summed E-state index contributed by atoms with van der Waals surface area (Å²) in [6.45, 7) is 0.462. The lowest BCUT2D eigenvalue weighted by molar-refractivity contribution is -0.193. The zero-order valence-corrected chi connectivity index (χ0v) is 19.1. The van der Waals surface area contributed by atoms with E-state index in [0.29, 0.717) is 30.8 Å². The number of carbonyl (C=O) groups is 3. The van der Waals surface area contributed by atoms with E-state index in [-0.39, 0.29) is 28.4 Å². The smallest absolute Gasteiger partial charge is 0.334 e. The second-order valence-electron chi connectivity index (χ2n) is 8.16. The number of amides is 2. The van der Waals surface area contributed by atoms with Crippen molar-refractivity contribution in [3.63, 3.8) is 0 Å². The van der Waals surface area contributed by atoms with E-state index in [1.807, 2.05) is 0 Å². The van der Waals surface area contributed by atoms with Gasteiger partial charge in [-0.05, 0) is 24.3 Å². The average molecular weight is 487 g/mol. The summed E-state index contributed by atoms with van der Waals surface area (Å²) in [6.07, 6.45) is 0.311. The summed E-state index contributed by atoms with van der Waals surface area (Å²) in [5.74, 6) is -2.92. The second kappa shape index (κ2) is 8.19. The Kier molecular flexibility index (Phi) is 5.42. The largest absolute Gasteiger partial charge is 0.467 e. The third-order valence-electron chi connectivity index (χ3n) is 6.35. The Bertz CT molecular complexity index is 1300. The number of sulfone groups is 1. The number of methoxy groups -OCH3 is 1. The van der Waals surface area contributed by atoms with E-state index in [9.17, 15) is 22.8 Å². The van der Waals surface area contributed by atoms with Crippen LogP contribution >= 0.6 is 0 Å². The Labute approximate surface area is 195 Å².